The highest BCUT2D eigenvalue weighted by atomic mass is 35.5. The highest BCUT2D eigenvalue weighted by molar-refractivity contribution is 5.85. The molecular formula is C6H15ClN2O2. The molecule has 0 aliphatic rings. The molecule has 0 saturated heterocycles. The number of halogens is 1. The van der Waals surface area contributed by atoms with Crippen LogP contribution in [0.5, 0.6) is 0 Å². The molecule has 0 aromatic heterocycles. The number of amidine groups is 1. The van der Waals surface area contributed by atoms with Crippen molar-refractivity contribution < 1.29 is 9.94 Å². The smallest absolute Gasteiger partial charge is 0.141 e. The molecule has 0 atom stereocenters. The molecule has 0 heterocycles. The molecule has 0 rings (SSSR count). The van der Waals surface area contributed by atoms with Crippen molar-refractivity contribution in [2.75, 3.05) is 6.61 Å². The maximum atomic E-state index is 8.39. The van der Waals surface area contributed by atoms with Gasteiger partial charge in [0.2, 0.25) is 0 Å². The molecule has 0 radical (unpaired) electrons. The van der Waals surface area contributed by atoms with E-state index in [1.807, 2.05) is 13.8 Å². The number of nitrogens with two attached hydrogens (primary N) is 1. The van der Waals surface area contributed by atoms with Gasteiger partial charge < -0.3 is 15.7 Å². The number of rotatable bonds is 4. The number of aliphatic hydroxyl groups is 1. The molecule has 0 amide bonds. The predicted molar refractivity (Wildman–Crippen MR) is 46.8 cm³/mol. The van der Waals surface area contributed by atoms with E-state index in [-0.39, 0.29) is 25.1 Å². The van der Waals surface area contributed by atoms with Gasteiger partial charge in [-0.3, -0.25) is 0 Å². The summed E-state index contributed by atoms with van der Waals surface area (Å²) in [4.78, 5) is 4.81. The van der Waals surface area contributed by atoms with E-state index in [9.17, 15) is 0 Å². The Labute approximate surface area is 72.8 Å². The predicted octanol–water partition coefficient (Wildman–Crippen LogP) is 0.488. The summed E-state index contributed by atoms with van der Waals surface area (Å²) in [5, 5.41) is 11.9. The SMILES string of the molecule is CC(C)O/N=C(\N)CCO.Cl. The molecule has 0 fully saturated rings. The Bertz CT molecular complexity index is 117. The van der Waals surface area contributed by atoms with Crippen LogP contribution in [-0.2, 0) is 4.84 Å². The molecule has 0 saturated carbocycles. The zero-order valence-corrected chi connectivity index (χ0v) is 7.60. The lowest BCUT2D eigenvalue weighted by molar-refractivity contribution is 0.0847. The molecule has 0 aromatic rings. The van der Waals surface area contributed by atoms with Crippen molar-refractivity contribution in [1.29, 1.82) is 0 Å². The van der Waals surface area contributed by atoms with Gasteiger partial charge in [-0.15, -0.1) is 12.4 Å². The number of nitrogens with zero attached hydrogens (tertiary/aromatic N) is 1. The first-order valence-corrected chi connectivity index (χ1v) is 3.26. The lowest BCUT2D eigenvalue weighted by Gasteiger charge is -2.02. The summed E-state index contributed by atoms with van der Waals surface area (Å²) in [5.74, 6) is 0.330. The summed E-state index contributed by atoms with van der Waals surface area (Å²) in [6.07, 6.45) is 0.407. The summed E-state index contributed by atoms with van der Waals surface area (Å²) in [5.41, 5.74) is 5.30. The molecule has 5 heteroatoms. The summed E-state index contributed by atoms with van der Waals surface area (Å²) in [6.45, 7) is 3.72. The van der Waals surface area contributed by atoms with Crippen LogP contribution >= 0.6 is 12.4 Å². The van der Waals surface area contributed by atoms with E-state index in [2.05, 4.69) is 5.16 Å². The average Bonchev–Trinajstić information content (AvgIpc) is 1.85. The molecule has 11 heavy (non-hydrogen) atoms. The van der Waals surface area contributed by atoms with Gasteiger partial charge in [0, 0.05) is 6.42 Å². The minimum Gasteiger partial charge on any atom is -0.396 e. The second-order valence-corrected chi connectivity index (χ2v) is 2.21. The van der Waals surface area contributed by atoms with Crippen LogP contribution < -0.4 is 5.73 Å². The first kappa shape index (κ1) is 13.1. The zero-order chi connectivity index (χ0) is 7.98. The molecule has 0 aliphatic carbocycles. The summed E-state index contributed by atoms with van der Waals surface area (Å²) < 4.78 is 0. The van der Waals surface area contributed by atoms with Gasteiger partial charge in [-0.1, -0.05) is 5.16 Å². The standard InChI is InChI=1S/C6H14N2O2.ClH/c1-5(2)10-8-6(7)3-4-9;/h5,9H,3-4H2,1-2H3,(H2,7,8);1H. The first-order chi connectivity index (χ1) is 4.66. The molecule has 68 valence electrons. The molecule has 4 nitrogen and oxygen atoms in total. The third-order valence-electron chi connectivity index (χ3n) is 0.749. The highest BCUT2D eigenvalue weighted by Crippen LogP contribution is 1.88. The molecule has 0 aliphatic heterocycles. The van der Waals surface area contributed by atoms with Crippen molar-refractivity contribution in [3.05, 3.63) is 0 Å². The van der Waals surface area contributed by atoms with Gasteiger partial charge in [0.1, 0.15) is 11.9 Å². The van der Waals surface area contributed by atoms with E-state index in [0.29, 0.717) is 12.3 Å². The number of hydrogen-bond donors (Lipinski definition) is 2. The lowest BCUT2D eigenvalue weighted by Crippen LogP contribution is -2.14. The average molecular weight is 183 g/mol. The van der Waals surface area contributed by atoms with Gasteiger partial charge in [0.05, 0.1) is 6.61 Å². The molecule has 3 N–H and O–H groups in total. The van der Waals surface area contributed by atoms with E-state index in [1.165, 1.54) is 0 Å². The quantitative estimate of drug-likeness (QED) is 0.378. The van der Waals surface area contributed by atoms with Crippen LogP contribution in [0.2, 0.25) is 0 Å². The lowest BCUT2D eigenvalue weighted by atomic mass is 10.4. The van der Waals surface area contributed by atoms with Gasteiger partial charge in [-0.25, -0.2) is 0 Å². The van der Waals surface area contributed by atoms with Crippen LogP contribution in [0, 0.1) is 0 Å². The van der Waals surface area contributed by atoms with E-state index < -0.39 is 0 Å². The van der Waals surface area contributed by atoms with Crippen LogP contribution in [0.15, 0.2) is 5.16 Å². The minimum atomic E-state index is 0. The molecule has 0 unspecified atom stereocenters. The van der Waals surface area contributed by atoms with E-state index in [1.54, 1.807) is 0 Å². The highest BCUT2D eigenvalue weighted by Gasteiger charge is 1.92. The fourth-order valence-electron chi connectivity index (χ4n) is 0.333. The molecular weight excluding hydrogens is 168 g/mol. The van der Waals surface area contributed by atoms with Crippen LogP contribution in [0.3, 0.4) is 0 Å². The second kappa shape index (κ2) is 7.63. The Balaban J connectivity index is 0. The maximum absolute atomic E-state index is 8.39. The van der Waals surface area contributed by atoms with Crippen molar-refractivity contribution in [3.63, 3.8) is 0 Å². The summed E-state index contributed by atoms with van der Waals surface area (Å²) in [7, 11) is 0. The Morgan fingerprint density at radius 1 is 1.64 bits per heavy atom. The van der Waals surface area contributed by atoms with Crippen molar-refractivity contribution in [3.8, 4) is 0 Å². The van der Waals surface area contributed by atoms with Crippen molar-refractivity contribution >= 4 is 18.2 Å². The largest absolute Gasteiger partial charge is 0.396 e. The van der Waals surface area contributed by atoms with Crippen LogP contribution in [-0.4, -0.2) is 23.7 Å². The maximum Gasteiger partial charge on any atom is 0.141 e. The Hall–Kier alpha value is -0.480. The normalized spacial score (nSPS) is 11.1. The van der Waals surface area contributed by atoms with Crippen LogP contribution in [0.25, 0.3) is 0 Å². The van der Waals surface area contributed by atoms with Crippen molar-refractivity contribution in [2.45, 2.75) is 26.4 Å². The van der Waals surface area contributed by atoms with E-state index in [4.69, 9.17) is 15.7 Å². The zero-order valence-electron chi connectivity index (χ0n) is 6.78. The van der Waals surface area contributed by atoms with E-state index >= 15 is 0 Å². The number of aliphatic hydroxyl groups excluding tert-OH is 1. The fraction of sp³-hybridized carbons (Fsp3) is 0.833. The van der Waals surface area contributed by atoms with Gasteiger partial charge in [0.25, 0.3) is 0 Å². The second-order valence-electron chi connectivity index (χ2n) is 2.21. The van der Waals surface area contributed by atoms with Gasteiger partial charge in [-0.2, -0.15) is 0 Å². The minimum absolute atomic E-state index is 0. The number of oxime groups is 1. The van der Waals surface area contributed by atoms with Crippen LogP contribution in [0.4, 0.5) is 0 Å². The van der Waals surface area contributed by atoms with Gasteiger partial charge >= 0.3 is 0 Å². The number of hydrogen-bond acceptors (Lipinski definition) is 3. The monoisotopic (exact) mass is 182 g/mol. The fourth-order valence-corrected chi connectivity index (χ4v) is 0.333. The van der Waals surface area contributed by atoms with Gasteiger partial charge in [0.15, 0.2) is 0 Å². The van der Waals surface area contributed by atoms with Crippen molar-refractivity contribution in [2.24, 2.45) is 10.9 Å². The first-order valence-electron chi connectivity index (χ1n) is 3.26. The van der Waals surface area contributed by atoms with Crippen LogP contribution in [0.1, 0.15) is 20.3 Å². The summed E-state index contributed by atoms with van der Waals surface area (Å²) >= 11 is 0. The molecule has 0 spiro atoms. The third kappa shape index (κ3) is 9.52. The Morgan fingerprint density at radius 3 is 2.55 bits per heavy atom. The third-order valence-corrected chi connectivity index (χ3v) is 0.749. The Kier molecular flexibility index (Phi) is 9.10. The van der Waals surface area contributed by atoms with Gasteiger partial charge in [-0.05, 0) is 13.8 Å². The van der Waals surface area contributed by atoms with E-state index in [0.717, 1.165) is 0 Å². The molecule has 0 aromatic carbocycles. The topological polar surface area (TPSA) is 67.8 Å². The molecule has 0 bridgehead atoms. The summed E-state index contributed by atoms with van der Waals surface area (Å²) in [6, 6.07) is 0. The Morgan fingerprint density at radius 2 is 2.18 bits per heavy atom. The van der Waals surface area contributed by atoms with Crippen molar-refractivity contribution in [1.82, 2.24) is 0 Å².